The first-order valence-corrected chi connectivity index (χ1v) is 9.67. The molecule has 0 saturated carbocycles. The number of benzene rings is 2. The Kier molecular flexibility index (Phi) is 6.17. The molecule has 0 atom stereocenters. The van der Waals surface area contributed by atoms with Gasteiger partial charge >= 0.3 is 0 Å². The van der Waals surface area contributed by atoms with E-state index in [1.807, 2.05) is 48.5 Å². The molecule has 3 aromatic rings. The highest BCUT2D eigenvalue weighted by molar-refractivity contribution is 7.99. The topological polar surface area (TPSA) is 47.4 Å². The molecule has 0 bridgehead atoms. The summed E-state index contributed by atoms with van der Waals surface area (Å²) in [4.78, 5) is 18.7. The number of carbonyl (C=O) groups is 1. The first-order valence-electron chi connectivity index (χ1n) is 8.69. The maximum atomic E-state index is 12.4. The Morgan fingerprint density at radius 1 is 1.15 bits per heavy atom. The van der Waals surface area contributed by atoms with Crippen LogP contribution in [-0.2, 0) is 11.3 Å². The van der Waals surface area contributed by atoms with Crippen LogP contribution in [0.4, 0.5) is 0 Å². The van der Waals surface area contributed by atoms with Gasteiger partial charge in [0.2, 0.25) is 5.91 Å². The second kappa shape index (κ2) is 8.76. The number of likely N-dealkylation sites (N-methyl/N-ethyl adjacent to an activating group) is 1. The van der Waals surface area contributed by atoms with Crippen molar-refractivity contribution in [3.05, 3.63) is 54.6 Å². The first-order chi connectivity index (χ1) is 12.7. The lowest BCUT2D eigenvalue weighted by molar-refractivity contribution is -0.127. The van der Waals surface area contributed by atoms with Gasteiger partial charge in [0.25, 0.3) is 0 Å². The molecule has 0 spiro atoms. The molecular formula is C20H23N3O2S. The standard InChI is InChI=1S/C20H23N3O2S/c1-3-23-18-12-8-7-11-17(18)21-20(23)26-15-19(24)22(2)13-14-25-16-9-5-4-6-10-16/h4-12H,3,13-15H2,1-2H3. The number of para-hydroxylation sites is 3. The van der Waals surface area contributed by atoms with E-state index < -0.39 is 0 Å². The zero-order chi connectivity index (χ0) is 18.4. The number of hydrogen-bond donors (Lipinski definition) is 0. The summed E-state index contributed by atoms with van der Waals surface area (Å²) < 4.78 is 7.79. The number of carbonyl (C=O) groups excluding carboxylic acids is 1. The van der Waals surface area contributed by atoms with Crippen molar-refractivity contribution in [3.63, 3.8) is 0 Å². The zero-order valence-corrected chi connectivity index (χ0v) is 15.9. The minimum atomic E-state index is 0.0707. The van der Waals surface area contributed by atoms with E-state index in [4.69, 9.17) is 4.74 Å². The van der Waals surface area contributed by atoms with Crippen LogP contribution >= 0.6 is 11.8 Å². The summed E-state index contributed by atoms with van der Waals surface area (Å²) in [6.07, 6.45) is 0. The molecule has 0 N–H and O–H groups in total. The van der Waals surface area contributed by atoms with Crippen molar-refractivity contribution >= 4 is 28.7 Å². The third kappa shape index (κ3) is 4.38. The fraction of sp³-hybridized carbons (Fsp3) is 0.300. The number of ether oxygens (including phenoxy) is 1. The van der Waals surface area contributed by atoms with E-state index in [1.165, 1.54) is 11.8 Å². The van der Waals surface area contributed by atoms with Crippen LogP contribution in [0.2, 0.25) is 0 Å². The number of rotatable bonds is 8. The van der Waals surface area contributed by atoms with E-state index in [-0.39, 0.29) is 5.91 Å². The molecule has 0 fully saturated rings. The Balaban J connectivity index is 1.52. The minimum Gasteiger partial charge on any atom is -0.492 e. The van der Waals surface area contributed by atoms with Gasteiger partial charge in [-0.05, 0) is 31.2 Å². The summed E-state index contributed by atoms with van der Waals surface area (Å²) >= 11 is 1.48. The average molecular weight is 369 g/mol. The fourth-order valence-corrected chi connectivity index (χ4v) is 3.67. The molecule has 26 heavy (non-hydrogen) atoms. The van der Waals surface area contributed by atoms with Crippen molar-refractivity contribution in [1.82, 2.24) is 14.5 Å². The molecule has 0 unspecified atom stereocenters. The van der Waals surface area contributed by atoms with Gasteiger partial charge in [0.15, 0.2) is 5.16 Å². The van der Waals surface area contributed by atoms with E-state index in [0.29, 0.717) is 18.9 Å². The number of aryl methyl sites for hydroxylation is 1. The molecule has 5 nitrogen and oxygen atoms in total. The van der Waals surface area contributed by atoms with Gasteiger partial charge in [-0.2, -0.15) is 0 Å². The molecular weight excluding hydrogens is 346 g/mol. The number of nitrogens with zero attached hydrogens (tertiary/aromatic N) is 3. The molecule has 0 saturated heterocycles. The van der Waals surface area contributed by atoms with Gasteiger partial charge in [0.05, 0.1) is 23.3 Å². The van der Waals surface area contributed by atoms with E-state index in [0.717, 1.165) is 28.5 Å². The summed E-state index contributed by atoms with van der Waals surface area (Å²) in [6.45, 7) is 3.95. The molecule has 0 aliphatic heterocycles. The lowest BCUT2D eigenvalue weighted by atomic mass is 10.3. The zero-order valence-electron chi connectivity index (χ0n) is 15.1. The molecule has 0 radical (unpaired) electrons. The van der Waals surface area contributed by atoms with Crippen molar-refractivity contribution in [2.24, 2.45) is 0 Å². The smallest absolute Gasteiger partial charge is 0.232 e. The van der Waals surface area contributed by atoms with Gasteiger partial charge < -0.3 is 14.2 Å². The monoisotopic (exact) mass is 369 g/mol. The highest BCUT2D eigenvalue weighted by Gasteiger charge is 2.14. The van der Waals surface area contributed by atoms with Gasteiger partial charge in [-0.25, -0.2) is 4.98 Å². The van der Waals surface area contributed by atoms with Gasteiger partial charge in [-0.15, -0.1) is 0 Å². The number of fused-ring (bicyclic) bond motifs is 1. The summed E-state index contributed by atoms with van der Waals surface area (Å²) in [5.41, 5.74) is 2.07. The van der Waals surface area contributed by atoms with E-state index in [2.05, 4.69) is 22.5 Å². The van der Waals surface area contributed by atoms with Crippen LogP contribution in [0.3, 0.4) is 0 Å². The second-order valence-electron chi connectivity index (χ2n) is 5.89. The van der Waals surface area contributed by atoms with E-state index in [1.54, 1.807) is 11.9 Å². The average Bonchev–Trinajstić information content (AvgIpc) is 3.04. The van der Waals surface area contributed by atoms with Crippen molar-refractivity contribution in [1.29, 1.82) is 0 Å². The van der Waals surface area contributed by atoms with Gasteiger partial charge in [0.1, 0.15) is 12.4 Å². The highest BCUT2D eigenvalue weighted by Crippen LogP contribution is 2.24. The molecule has 136 valence electrons. The molecule has 6 heteroatoms. The number of aromatic nitrogens is 2. The van der Waals surface area contributed by atoms with E-state index in [9.17, 15) is 4.79 Å². The summed E-state index contributed by atoms with van der Waals surface area (Å²) in [5.74, 6) is 1.26. The molecule has 3 rings (SSSR count). The summed E-state index contributed by atoms with van der Waals surface area (Å²) in [5, 5.41) is 0.885. The van der Waals surface area contributed by atoms with Crippen molar-refractivity contribution < 1.29 is 9.53 Å². The number of thioether (sulfide) groups is 1. The number of hydrogen-bond acceptors (Lipinski definition) is 4. The highest BCUT2D eigenvalue weighted by atomic mass is 32.2. The van der Waals surface area contributed by atoms with Crippen LogP contribution < -0.4 is 4.74 Å². The Hall–Kier alpha value is -2.47. The van der Waals surface area contributed by atoms with Crippen molar-refractivity contribution in [2.75, 3.05) is 26.0 Å². The van der Waals surface area contributed by atoms with Crippen molar-refractivity contribution in [2.45, 2.75) is 18.6 Å². The van der Waals surface area contributed by atoms with Crippen LogP contribution in [0.25, 0.3) is 11.0 Å². The molecule has 1 amide bonds. The molecule has 1 aromatic heterocycles. The quantitative estimate of drug-likeness (QED) is 0.568. The number of imidazole rings is 1. The minimum absolute atomic E-state index is 0.0707. The predicted molar refractivity (Wildman–Crippen MR) is 106 cm³/mol. The van der Waals surface area contributed by atoms with E-state index >= 15 is 0 Å². The molecule has 2 aromatic carbocycles. The van der Waals surface area contributed by atoms with Crippen LogP contribution in [0.15, 0.2) is 59.8 Å². The third-order valence-corrected chi connectivity index (χ3v) is 5.09. The molecule has 0 aliphatic carbocycles. The molecule has 1 heterocycles. The largest absolute Gasteiger partial charge is 0.492 e. The van der Waals surface area contributed by atoms with Gasteiger partial charge in [-0.3, -0.25) is 4.79 Å². The Labute approximate surface area is 158 Å². The third-order valence-electron chi connectivity index (χ3n) is 4.12. The second-order valence-corrected chi connectivity index (χ2v) is 6.84. The van der Waals surface area contributed by atoms with Gasteiger partial charge in [0, 0.05) is 13.6 Å². The van der Waals surface area contributed by atoms with Crippen molar-refractivity contribution in [3.8, 4) is 5.75 Å². The number of amides is 1. The first kappa shape index (κ1) is 18.3. The summed E-state index contributed by atoms with van der Waals surface area (Å²) in [7, 11) is 1.81. The van der Waals surface area contributed by atoms with Crippen LogP contribution in [0.1, 0.15) is 6.92 Å². The van der Waals surface area contributed by atoms with Crippen LogP contribution in [0.5, 0.6) is 5.75 Å². The maximum absolute atomic E-state index is 12.4. The maximum Gasteiger partial charge on any atom is 0.232 e. The SMILES string of the molecule is CCn1c(SCC(=O)N(C)CCOc2ccccc2)nc2ccccc21. The Bertz CT molecular complexity index is 864. The normalized spacial score (nSPS) is 10.8. The predicted octanol–water partition coefficient (Wildman–Crippen LogP) is 3.69. The summed E-state index contributed by atoms with van der Waals surface area (Å²) in [6, 6.07) is 17.7. The van der Waals surface area contributed by atoms with Crippen LogP contribution in [-0.4, -0.2) is 46.3 Å². The Morgan fingerprint density at radius 3 is 2.65 bits per heavy atom. The lowest BCUT2D eigenvalue weighted by Gasteiger charge is -2.17. The fourth-order valence-electron chi connectivity index (χ4n) is 2.65. The van der Waals surface area contributed by atoms with Gasteiger partial charge in [-0.1, -0.05) is 42.1 Å². The Morgan fingerprint density at radius 2 is 1.88 bits per heavy atom. The molecule has 0 aliphatic rings. The van der Waals surface area contributed by atoms with Crippen LogP contribution in [0, 0.1) is 0 Å². The lowest BCUT2D eigenvalue weighted by Crippen LogP contribution is -2.32.